The van der Waals surface area contributed by atoms with Crippen molar-refractivity contribution in [3.05, 3.63) is 65.7 Å². The number of benzene rings is 1. The maximum Gasteiger partial charge on any atom is 0.123 e. The summed E-state index contributed by atoms with van der Waals surface area (Å²) in [6, 6.07) is 10.3. The molecular weight excluding hydrogens is 253 g/mol. The van der Waals surface area contributed by atoms with E-state index in [4.69, 9.17) is 5.73 Å². The molecule has 1 heterocycles. The number of halogens is 1. The molecule has 0 saturated carbocycles. The third-order valence-electron chi connectivity index (χ3n) is 3.34. The molecular formula is C16H20FN3. The summed E-state index contributed by atoms with van der Waals surface area (Å²) in [6.45, 7) is 1.68. The predicted molar refractivity (Wildman–Crippen MR) is 78.8 cm³/mol. The molecule has 1 aromatic carbocycles. The summed E-state index contributed by atoms with van der Waals surface area (Å²) in [5.74, 6) is -0.230. The Morgan fingerprint density at radius 3 is 2.45 bits per heavy atom. The Hall–Kier alpha value is -1.78. The fourth-order valence-electron chi connectivity index (χ4n) is 2.11. The molecule has 0 aliphatic rings. The number of hydrogen-bond acceptors (Lipinski definition) is 3. The van der Waals surface area contributed by atoms with Crippen LogP contribution in [0.5, 0.6) is 0 Å². The summed E-state index contributed by atoms with van der Waals surface area (Å²) in [4.78, 5) is 6.19. The van der Waals surface area contributed by atoms with Gasteiger partial charge in [0.15, 0.2) is 0 Å². The molecule has 0 aliphatic heterocycles. The van der Waals surface area contributed by atoms with Crippen LogP contribution < -0.4 is 5.73 Å². The monoisotopic (exact) mass is 273 g/mol. The number of likely N-dealkylation sites (N-methyl/N-ethyl adjacent to an activating group) is 1. The minimum absolute atomic E-state index is 0.0990. The summed E-state index contributed by atoms with van der Waals surface area (Å²) in [5.41, 5.74) is 8.37. The van der Waals surface area contributed by atoms with E-state index < -0.39 is 0 Å². The molecule has 20 heavy (non-hydrogen) atoms. The minimum Gasteiger partial charge on any atom is -0.323 e. The van der Waals surface area contributed by atoms with Gasteiger partial charge in [0.1, 0.15) is 5.82 Å². The zero-order valence-electron chi connectivity index (χ0n) is 11.7. The number of rotatable bonds is 6. The van der Waals surface area contributed by atoms with Gasteiger partial charge in [0.2, 0.25) is 0 Å². The fraction of sp³-hybridized carbons (Fsp3) is 0.312. The van der Waals surface area contributed by atoms with Crippen LogP contribution in [0, 0.1) is 5.82 Å². The van der Waals surface area contributed by atoms with Crippen LogP contribution in [0.2, 0.25) is 0 Å². The summed E-state index contributed by atoms with van der Waals surface area (Å²) >= 11 is 0. The van der Waals surface area contributed by atoms with Gasteiger partial charge >= 0.3 is 0 Å². The SMILES string of the molecule is CN(CCc1ccncc1)CC(N)c1ccc(F)cc1. The number of pyridine rings is 1. The number of aromatic nitrogens is 1. The highest BCUT2D eigenvalue weighted by molar-refractivity contribution is 5.19. The molecule has 0 bridgehead atoms. The lowest BCUT2D eigenvalue weighted by Crippen LogP contribution is -2.30. The van der Waals surface area contributed by atoms with Gasteiger partial charge in [-0.2, -0.15) is 0 Å². The molecule has 106 valence electrons. The van der Waals surface area contributed by atoms with Gasteiger partial charge in [-0.15, -0.1) is 0 Å². The summed E-state index contributed by atoms with van der Waals surface area (Å²) in [7, 11) is 2.05. The third kappa shape index (κ3) is 4.40. The van der Waals surface area contributed by atoms with Crippen molar-refractivity contribution in [2.75, 3.05) is 20.1 Å². The van der Waals surface area contributed by atoms with Crippen LogP contribution in [0.1, 0.15) is 17.2 Å². The van der Waals surface area contributed by atoms with E-state index in [0.717, 1.165) is 25.1 Å². The van der Waals surface area contributed by atoms with E-state index in [1.807, 2.05) is 19.2 Å². The summed E-state index contributed by atoms with van der Waals surface area (Å²) in [5, 5.41) is 0. The molecule has 1 unspecified atom stereocenters. The molecule has 3 nitrogen and oxygen atoms in total. The van der Waals surface area contributed by atoms with Crippen molar-refractivity contribution < 1.29 is 4.39 Å². The number of hydrogen-bond donors (Lipinski definition) is 1. The quantitative estimate of drug-likeness (QED) is 0.878. The van der Waals surface area contributed by atoms with E-state index in [9.17, 15) is 4.39 Å². The van der Waals surface area contributed by atoms with E-state index >= 15 is 0 Å². The first-order valence-corrected chi connectivity index (χ1v) is 6.73. The van der Waals surface area contributed by atoms with Crippen LogP contribution in [0.25, 0.3) is 0 Å². The average Bonchev–Trinajstić information content (AvgIpc) is 2.47. The molecule has 0 amide bonds. The zero-order valence-corrected chi connectivity index (χ0v) is 11.7. The van der Waals surface area contributed by atoms with Crippen LogP contribution in [0.3, 0.4) is 0 Å². The Morgan fingerprint density at radius 1 is 1.15 bits per heavy atom. The van der Waals surface area contributed by atoms with Gasteiger partial charge < -0.3 is 10.6 Å². The van der Waals surface area contributed by atoms with Gasteiger partial charge in [-0.05, 0) is 48.9 Å². The molecule has 2 rings (SSSR count). The first-order chi connectivity index (χ1) is 9.65. The second kappa shape index (κ2) is 7.12. The van der Waals surface area contributed by atoms with E-state index in [-0.39, 0.29) is 11.9 Å². The highest BCUT2D eigenvalue weighted by Crippen LogP contribution is 2.12. The lowest BCUT2D eigenvalue weighted by molar-refractivity contribution is 0.316. The molecule has 0 aliphatic carbocycles. The van der Waals surface area contributed by atoms with Crippen LogP contribution in [0.15, 0.2) is 48.8 Å². The fourth-order valence-corrected chi connectivity index (χ4v) is 2.11. The molecule has 2 aromatic rings. The molecule has 0 saturated heterocycles. The molecule has 0 radical (unpaired) electrons. The lowest BCUT2D eigenvalue weighted by Gasteiger charge is -2.21. The standard InChI is InChI=1S/C16H20FN3/c1-20(11-8-13-6-9-19-10-7-13)12-16(18)14-2-4-15(17)5-3-14/h2-7,9-10,16H,8,11-12,18H2,1H3. The third-order valence-corrected chi connectivity index (χ3v) is 3.34. The van der Waals surface area contributed by atoms with Gasteiger partial charge in [0.25, 0.3) is 0 Å². The smallest absolute Gasteiger partial charge is 0.123 e. The first-order valence-electron chi connectivity index (χ1n) is 6.73. The Morgan fingerprint density at radius 2 is 1.80 bits per heavy atom. The van der Waals surface area contributed by atoms with Crippen molar-refractivity contribution in [2.24, 2.45) is 5.73 Å². The van der Waals surface area contributed by atoms with Gasteiger partial charge in [0.05, 0.1) is 0 Å². The van der Waals surface area contributed by atoms with Crippen molar-refractivity contribution in [1.29, 1.82) is 0 Å². The van der Waals surface area contributed by atoms with E-state index in [1.54, 1.807) is 24.5 Å². The van der Waals surface area contributed by atoms with Crippen LogP contribution in [-0.4, -0.2) is 30.0 Å². The molecule has 0 fully saturated rings. The molecule has 1 aromatic heterocycles. The maximum absolute atomic E-state index is 12.9. The van der Waals surface area contributed by atoms with Crippen molar-refractivity contribution in [3.8, 4) is 0 Å². The summed E-state index contributed by atoms with van der Waals surface area (Å²) in [6.07, 6.45) is 4.58. The Kier molecular flexibility index (Phi) is 5.21. The van der Waals surface area contributed by atoms with Crippen LogP contribution >= 0.6 is 0 Å². The van der Waals surface area contributed by atoms with Crippen molar-refractivity contribution in [1.82, 2.24) is 9.88 Å². The van der Waals surface area contributed by atoms with Crippen molar-refractivity contribution >= 4 is 0 Å². The predicted octanol–water partition coefficient (Wildman–Crippen LogP) is 2.40. The summed E-state index contributed by atoms with van der Waals surface area (Å²) < 4.78 is 12.9. The van der Waals surface area contributed by atoms with E-state index in [1.165, 1.54) is 17.7 Å². The van der Waals surface area contributed by atoms with Crippen molar-refractivity contribution in [2.45, 2.75) is 12.5 Å². The highest BCUT2D eigenvalue weighted by Gasteiger charge is 2.09. The Bertz CT molecular complexity index is 513. The van der Waals surface area contributed by atoms with Crippen LogP contribution in [0.4, 0.5) is 4.39 Å². The van der Waals surface area contributed by atoms with Gasteiger partial charge in [0, 0.05) is 31.5 Å². The topological polar surface area (TPSA) is 42.2 Å². The number of nitrogens with two attached hydrogens (primary N) is 1. The van der Waals surface area contributed by atoms with E-state index in [0.29, 0.717) is 0 Å². The second-order valence-electron chi connectivity index (χ2n) is 5.03. The highest BCUT2D eigenvalue weighted by atomic mass is 19.1. The largest absolute Gasteiger partial charge is 0.323 e. The zero-order chi connectivity index (χ0) is 14.4. The number of nitrogens with zero attached hydrogens (tertiary/aromatic N) is 2. The van der Waals surface area contributed by atoms with E-state index in [2.05, 4.69) is 9.88 Å². The molecule has 0 spiro atoms. The minimum atomic E-state index is -0.230. The lowest BCUT2D eigenvalue weighted by atomic mass is 10.1. The van der Waals surface area contributed by atoms with Gasteiger partial charge in [-0.3, -0.25) is 4.98 Å². The van der Waals surface area contributed by atoms with Gasteiger partial charge in [-0.25, -0.2) is 4.39 Å². The second-order valence-corrected chi connectivity index (χ2v) is 5.03. The molecule has 4 heteroatoms. The van der Waals surface area contributed by atoms with Crippen LogP contribution in [-0.2, 0) is 6.42 Å². The Balaban J connectivity index is 1.82. The normalized spacial score (nSPS) is 12.6. The molecule has 2 N–H and O–H groups in total. The maximum atomic E-state index is 12.9. The van der Waals surface area contributed by atoms with Gasteiger partial charge in [-0.1, -0.05) is 12.1 Å². The average molecular weight is 273 g/mol. The first kappa shape index (κ1) is 14.6. The molecule has 1 atom stereocenters. The Labute approximate surface area is 119 Å². The van der Waals surface area contributed by atoms with Crippen molar-refractivity contribution in [3.63, 3.8) is 0 Å².